The normalized spacial score (nSPS) is 12.1. The molecule has 0 aromatic carbocycles. The molecule has 0 amide bonds. The summed E-state index contributed by atoms with van der Waals surface area (Å²) in [5.41, 5.74) is 6.79. The molecular formula is C9H14N2S. The van der Waals surface area contributed by atoms with E-state index < -0.39 is 0 Å². The third-order valence-electron chi connectivity index (χ3n) is 1.70. The Hall–Kier alpha value is -0.830. The summed E-state index contributed by atoms with van der Waals surface area (Å²) in [6.07, 6.45) is 0. The molecular weight excluding hydrogens is 168 g/mol. The first-order chi connectivity index (χ1) is 5.59. The van der Waals surface area contributed by atoms with E-state index in [-0.39, 0.29) is 0 Å². The van der Waals surface area contributed by atoms with E-state index in [1.807, 2.05) is 6.92 Å². The molecule has 2 N–H and O–H groups in total. The van der Waals surface area contributed by atoms with Crippen LogP contribution in [0.2, 0.25) is 0 Å². The molecule has 0 atom stereocenters. The lowest BCUT2D eigenvalue weighted by Crippen LogP contribution is -2.04. The molecule has 0 spiro atoms. The molecule has 0 unspecified atom stereocenters. The minimum atomic E-state index is 0.652. The first kappa shape index (κ1) is 9.26. The van der Waals surface area contributed by atoms with Gasteiger partial charge in [-0.3, -0.25) is 4.99 Å². The summed E-state index contributed by atoms with van der Waals surface area (Å²) < 4.78 is 0. The molecule has 1 aromatic rings. The zero-order chi connectivity index (χ0) is 9.14. The largest absolute Gasteiger partial charge is 0.388 e. The highest BCUT2D eigenvalue weighted by Gasteiger charge is 1.99. The van der Waals surface area contributed by atoms with Gasteiger partial charge in [0.2, 0.25) is 0 Å². The maximum Gasteiger partial charge on any atom is 0.0910 e. The van der Waals surface area contributed by atoms with Gasteiger partial charge in [-0.1, -0.05) is 0 Å². The van der Waals surface area contributed by atoms with Crippen molar-refractivity contribution in [3.05, 3.63) is 21.4 Å². The zero-order valence-electron chi connectivity index (χ0n) is 7.72. The van der Waals surface area contributed by atoms with Gasteiger partial charge in [-0.15, -0.1) is 11.3 Å². The molecule has 0 bridgehead atoms. The molecule has 0 saturated heterocycles. The van der Waals surface area contributed by atoms with Gasteiger partial charge in [-0.25, -0.2) is 0 Å². The third-order valence-corrected chi connectivity index (χ3v) is 2.84. The lowest BCUT2D eigenvalue weighted by Gasteiger charge is -1.90. The fraction of sp³-hybridized carbons (Fsp3) is 0.444. The highest BCUT2D eigenvalue weighted by molar-refractivity contribution is 7.12. The number of nitrogens with zero attached hydrogens (tertiary/aromatic N) is 1. The molecule has 12 heavy (non-hydrogen) atoms. The maximum absolute atomic E-state index is 5.44. The van der Waals surface area contributed by atoms with E-state index in [1.54, 1.807) is 11.3 Å². The summed E-state index contributed by atoms with van der Waals surface area (Å²) in [6, 6.07) is 2.17. The van der Waals surface area contributed by atoms with Crippen LogP contribution in [0.4, 0.5) is 0 Å². The van der Waals surface area contributed by atoms with E-state index in [1.165, 1.54) is 15.3 Å². The fourth-order valence-corrected chi connectivity index (χ4v) is 1.91. The second-order valence-corrected chi connectivity index (χ2v) is 4.25. The Balaban J connectivity index is 2.71. The molecule has 3 heteroatoms. The maximum atomic E-state index is 5.44. The van der Waals surface area contributed by atoms with E-state index in [4.69, 9.17) is 5.73 Å². The predicted molar refractivity (Wildman–Crippen MR) is 54.8 cm³/mol. The Morgan fingerprint density at radius 2 is 2.25 bits per heavy atom. The number of hydrogen-bond acceptors (Lipinski definition) is 2. The van der Waals surface area contributed by atoms with Crippen molar-refractivity contribution in [3.8, 4) is 0 Å². The van der Waals surface area contributed by atoms with Crippen LogP contribution >= 0.6 is 11.3 Å². The highest BCUT2D eigenvalue weighted by atomic mass is 32.1. The molecule has 0 saturated carbocycles. The molecule has 1 rings (SSSR count). The monoisotopic (exact) mass is 182 g/mol. The van der Waals surface area contributed by atoms with Gasteiger partial charge in [0.15, 0.2) is 0 Å². The van der Waals surface area contributed by atoms with E-state index in [0.29, 0.717) is 5.84 Å². The number of hydrogen-bond donors (Lipinski definition) is 1. The number of amidine groups is 1. The molecule has 1 heterocycles. The highest BCUT2D eigenvalue weighted by Crippen LogP contribution is 2.20. The Morgan fingerprint density at radius 3 is 2.67 bits per heavy atom. The average molecular weight is 182 g/mol. The Labute approximate surface area is 77.1 Å². The first-order valence-electron chi connectivity index (χ1n) is 3.92. The smallest absolute Gasteiger partial charge is 0.0910 e. The van der Waals surface area contributed by atoms with E-state index in [2.05, 4.69) is 24.9 Å². The molecule has 0 aliphatic carbocycles. The van der Waals surface area contributed by atoms with E-state index in [9.17, 15) is 0 Å². The van der Waals surface area contributed by atoms with Crippen molar-refractivity contribution >= 4 is 17.2 Å². The van der Waals surface area contributed by atoms with Gasteiger partial charge in [0.1, 0.15) is 0 Å². The van der Waals surface area contributed by atoms with Crippen molar-refractivity contribution < 1.29 is 0 Å². The van der Waals surface area contributed by atoms with Crippen LogP contribution < -0.4 is 5.73 Å². The quantitative estimate of drug-likeness (QED) is 0.553. The van der Waals surface area contributed by atoms with Crippen LogP contribution in [-0.2, 0) is 6.54 Å². The molecule has 0 aliphatic rings. The summed E-state index contributed by atoms with van der Waals surface area (Å²) in [4.78, 5) is 6.81. The number of nitrogens with two attached hydrogens (primary N) is 1. The average Bonchev–Trinajstić information content (AvgIpc) is 2.28. The van der Waals surface area contributed by atoms with Crippen LogP contribution in [0.25, 0.3) is 0 Å². The van der Waals surface area contributed by atoms with Crippen molar-refractivity contribution in [2.24, 2.45) is 10.7 Å². The second-order valence-electron chi connectivity index (χ2n) is 2.91. The van der Waals surface area contributed by atoms with Gasteiger partial charge in [-0.2, -0.15) is 0 Å². The van der Waals surface area contributed by atoms with Crippen molar-refractivity contribution in [2.45, 2.75) is 27.3 Å². The summed E-state index contributed by atoms with van der Waals surface area (Å²) in [6.45, 7) is 6.78. The van der Waals surface area contributed by atoms with Crippen LogP contribution in [-0.4, -0.2) is 5.84 Å². The van der Waals surface area contributed by atoms with Crippen LogP contribution in [0.3, 0.4) is 0 Å². The minimum Gasteiger partial charge on any atom is -0.388 e. The van der Waals surface area contributed by atoms with Crippen LogP contribution in [0.15, 0.2) is 11.1 Å². The van der Waals surface area contributed by atoms with Crippen LogP contribution in [0.5, 0.6) is 0 Å². The van der Waals surface area contributed by atoms with Crippen molar-refractivity contribution in [2.75, 3.05) is 0 Å². The Kier molecular flexibility index (Phi) is 2.87. The number of thiophene rings is 1. The van der Waals surface area contributed by atoms with Crippen molar-refractivity contribution in [1.82, 2.24) is 0 Å². The molecule has 0 aliphatic heterocycles. The van der Waals surface area contributed by atoms with Gasteiger partial charge >= 0.3 is 0 Å². The predicted octanol–water partition coefficient (Wildman–Crippen LogP) is 2.24. The minimum absolute atomic E-state index is 0.652. The Morgan fingerprint density at radius 1 is 1.58 bits per heavy atom. The summed E-state index contributed by atoms with van der Waals surface area (Å²) >= 11 is 1.79. The summed E-state index contributed by atoms with van der Waals surface area (Å²) in [7, 11) is 0. The SMILES string of the molecule is CC(N)=NCc1cc(C)c(C)s1. The molecule has 0 fully saturated rings. The zero-order valence-corrected chi connectivity index (χ0v) is 8.53. The Bertz CT molecular complexity index is 276. The number of aliphatic imine (C=N–C) groups is 1. The third kappa shape index (κ3) is 2.34. The molecule has 1 aromatic heterocycles. The van der Waals surface area contributed by atoms with E-state index in [0.717, 1.165) is 6.54 Å². The summed E-state index contributed by atoms with van der Waals surface area (Å²) in [5, 5.41) is 0. The lowest BCUT2D eigenvalue weighted by atomic mass is 10.3. The van der Waals surface area contributed by atoms with Gasteiger partial charge in [0, 0.05) is 9.75 Å². The van der Waals surface area contributed by atoms with Gasteiger partial charge in [0.25, 0.3) is 0 Å². The first-order valence-corrected chi connectivity index (χ1v) is 4.73. The van der Waals surface area contributed by atoms with Crippen LogP contribution in [0.1, 0.15) is 22.2 Å². The van der Waals surface area contributed by atoms with Crippen molar-refractivity contribution in [3.63, 3.8) is 0 Å². The second kappa shape index (κ2) is 3.72. The fourth-order valence-electron chi connectivity index (χ4n) is 0.930. The lowest BCUT2D eigenvalue weighted by molar-refractivity contribution is 1.09. The summed E-state index contributed by atoms with van der Waals surface area (Å²) in [5.74, 6) is 0.652. The van der Waals surface area contributed by atoms with Gasteiger partial charge in [0.05, 0.1) is 12.4 Å². The van der Waals surface area contributed by atoms with E-state index >= 15 is 0 Å². The van der Waals surface area contributed by atoms with Crippen LogP contribution in [0, 0.1) is 13.8 Å². The molecule has 2 nitrogen and oxygen atoms in total. The number of aryl methyl sites for hydroxylation is 2. The van der Waals surface area contributed by atoms with Crippen molar-refractivity contribution in [1.29, 1.82) is 0 Å². The topological polar surface area (TPSA) is 38.4 Å². The molecule has 66 valence electrons. The number of rotatable bonds is 2. The standard InChI is InChI=1S/C9H14N2S/c1-6-4-9(12-7(6)2)5-11-8(3)10/h4H,5H2,1-3H3,(H2,10,11). The van der Waals surface area contributed by atoms with Gasteiger partial charge < -0.3 is 5.73 Å². The molecule has 0 radical (unpaired) electrons. The van der Waals surface area contributed by atoms with Gasteiger partial charge in [-0.05, 0) is 32.4 Å².